The molecule has 4 aromatic rings. The Kier molecular flexibility index (Phi) is 3.72. The van der Waals surface area contributed by atoms with Crippen molar-refractivity contribution in [1.82, 2.24) is 4.98 Å². The Morgan fingerprint density at radius 3 is 2.45 bits per heavy atom. The molecule has 0 aliphatic rings. The molecule has 110 valence electrons. The standard InChI is InChI=1S/C17H12N2OS.ClH/c1-11-17-19(14-10-6-5-9-13(14)18-11)16(20)15(21-17)12-7-3-2-4-8-12;/h2-10H,1H3;1H. The van der Waals surface area contributed by atoms with E-state index in [4.69, 9.17) is 0 Å². The van der Waals surface area contributed by atoms with Crippen LogP contribution in [0.1, 0.15) is 5.69 Å². The third-order valence-electron chi connectivity index (χ3n) is 3.56. The zero-order chi connectivity index (χ0) is 14.4. The van der Waals surface area contributed by atoms with Crippen LogP contribution in [0.15, 0.2) is 54.6 Å². The molecule has 4 rings (SSSR count). The number of aryl methyl sites for hydroxylation is 1. The van der Waals surface area contributed by atoms with E-state index in [1.54, 1.807) is 4.40 Å². The highest BCUT2D eigenvalue weighted by atomic mass is 35.5. The SMILES string of the molecule is Cc1nc2ccccc2[n+]2c([O-])c(-c3ccccc3)sc12.Cl. The summed E-state index contributed by atoms with van der Waals surface area (Å²) in [5.41, 5.74) is 3.56. The third-order valence-corrected chi connectivity index (χ3v) is 4.84. The Morgan fingerprint density at radius 2 is 1.68 bits per heavy atom. The zero-order valence-corrected chi connectivity index (χ0v) is 13.4. The fourth-order valence-electron chi connectivity index (χ4n) is 2.58. The molecule has 0 amide bonds. The number of rotatable bonds is 1. The van der Waals surface area contributed by atoms with Crippen molar-refractivity contribution in [2.45, 2.75) is 6.92 Å². The van der Waals surface area contributed by atoms with Gasteiger partial charge in [-0.05, 0) is 18.6 Å². The molecule has 2 heterocycles. The fourth-order valence-corrected chi connectivity index (χ4v) is 3.67. The molecule has 0 bridgehead atoms. The van der Waals surface area contributed by atoms with E-state index in [1.165, 1.54) is 11.3 Å². The first-order valence-corrected chi connectivity index (χ1v) is 7.53. The number of hydrogen-bond acceptors (Lipinski definition) is 3. The minimum atomic E-state index is 0. The van der Waals surface area contributed by atoms with Crippen LogP contribution in [0, 0.1) is 6.92 Å². The number of thiazole rings is 1. The van der Waals surface area contributed by atoms with Crippen molar-refractivity contribution in [1.29, 1.82) is 0 Å². The van der Waals surface area contributed by atoms with Crippen LogP contribution < -0.4 is 9.51 Å². The number of fused-ring (bicyclic) bond motifs is 3. The lowest BCUT2D eigenvalue weighted by atomic mass is 10.2. The molecule has 0 N–H and O–H groups in total. The molecule has 2 aromatic carbocycles. The second-order valence-electron chi connectivity index (χ2n) is 4.93. The van der Waals surface area contributed by atoms with Gasteiger partial charge in [-0.3, -0.25) is 0 Å². The smallest absolute Gasteiger partial charge is 0.289 e. The molecule has 0 aliphatic heterocycles. The quantitative estimate of drug-likeness (QED) is 0.502. The van der Waals surface area contributed by atoms with Crippen molar-refractivity contribution in [3.63, 3.8) is 0 Å². The van der Waals surface area contributed by atoms with E-state index in [2.05, 4.69) is 4.98 Å². The molecule has 0 unspecified atom stereocenters. The predicted octanol–water partition coefficient (Wildman–Crippen LogP) is 3.51. The molecule has 0 saturated carbocycles. The summed E-state index contributed by atoms with van der Waals surface area (Å²) in [6.07, 6.45) is 0. The van der Waals surface area contributed by atoms with Crippen molar-refractivity contribution in [2.24, 2.45) is 0 Å². The van der Waals surface area contributed by atoms with Gasteiger partial charge in [0.2, 0.25) is 5.52 Å². The molecule has 5 heteroatoms. The van der Waals surface area contributed by atoms with Crippen LogP contribution in [0.3, 0.4) is 0 Å². The summed E-state index contributed by atoms with van der Waals surface area (Å²) in [5.74, 6) is 0.0305. The highest BCUT2D eigenvalue weighted by Crippen LogP contribution is 2.34. The summed E-state index contributed by atoms with van der Waals surface area (Å²) >= 11 is 1.51. The van der Waals surface area contributed by atoms with E-state index in [9.17, 15) is 5.11 Å². The number of aromatic nitrogens is 2. The summed E-state index contributed by atoms with van der Waals surface area (Å²) in [4.78, 5) is 6.28. The zero-order valence-electron chi connectivity index (χ0n) is 11.8. The van der Waals surface area contributed by atoms with Gasteiger partial charge in [-0.2, -0.15) is 4.40 Å². The van der Waals surface area contributed by atoms with Gasteiger partial charge >= 0.3 is 0 Å². The summed E-state index contributed by atoms with van der Waals surface area (Å²) in [5, 5.41) is 12.8. The Balaban J connectivity index is 0.00000144. The van der Waals surface area contributed by atoms with Crippen molar-refractivity contribution in [3.8, 4) is 16.3 Å². The summed E-state index contributed by atoms with van der Waals surface area (Å²) in [6, 6.07) is 17.6. The maximum Gasteiger partial charge on any atom is 0.289 e. The lowest BCUT2D eigenvalue weighted by Gasteiger charge is -2.02. The third kappa shape index (κ3) is 2.12. The number of benzene rings is 2. The Labute approximate surface area is 137 Å². The molecule has 0 spiro atoms. The Morgan fingerprint density at radius 1 is 1.00 bits per heavy atom. The first-order chi connectivity index (χ1) is 10.3. The first kappa shape index (κ1) is 14.8. The molecular weight excluding hydrogens is 316 g/mol. The van der Waals surface area contributed by atoms with E-state index < -0.39 is 0 Å². The summed E-state index contributed by atoms with van der Waals surface area (Å²) in [7, 11) is 0. The lowest BCUT2D eigenvalue weighted by molar-refractivity contribution is -0.558. The Bertz CT molecular complexity index is 967. The van der Waals surface area contributed by atoms with E-state index in [-0.39, 0.29) is 18.3 Å². The molecule has 3 nitrogen and oxygen atoms in total. The van der Waals surface area contributed by atoms with Crippen molar-refractivity contribution in [3.05, 3.63) is 60.3 Å². The van der Waals surface area contributed by atoms with Gasteiger partial charge in [0, 0.05) is 6.07 Å². The van der Waals surface area contributed by atoms with Crippen LogP contribution in [0.4, 0.5) is 0 Å². The summed E-state index contributed by atoms with van der Waals surface area (Å²) in [6.45, 7) is 1.95. The van der Waals surface area contributed by atoms with Crippen LogP contribution in [0.5, 0.6) is 5.88 Å². The molecule has 0 saturated heterocycles. The molecule has 22 heavy (non-hydrogen) atoms. The van der Waals surface area contributed by atoms with Crippen LogP contribution >= 0.6 is 23.7 Å². The topological polar surface area (TPSA) is 40.0 Å². The maximum atomic E-state index is 12.8. The van der Waals surface area contributed by atoms with Gasteiger partial charge in [0.15, 0.2) is 5.88 Å². The van der Waals surface area contributed by atoms with Crippen LogP contribution in [-0.2, 0) is 0 Å². The summed E-state index contributed by atoms with van der Waals surface area (Å²) < 4.78 is 1.78. The van der Waals surface area contributed by atoms with Crippen molar-refractivity contribution < 1.29 is 9.51 Å². The van der Waals surface area contributed by atoms with Gasteiger partial charge in [0.05, 0.1) is 4.88 Å². The molecule has 0 atom stereocenters. The van der Waals surface area contributed by atoms with Gasteiger partial charge in [0.1, 0.15) is 11.2 Å². The minimum absolute atomic E-state index is 0. The number of nitrogens with zero attached hydrogens (tertiary/aromatic N) is 2. The minimum Gasteiger partial charge on any atom is -0.822 e. The lowest BCUT2D eigenvalue weighted by Crippen LogP contribution is -2.26. The monoisotopic (exact) mass is 328 g/mol. The van der Waals surface area contributed by atoms with E-state index >= 15 is 0 Å². The molecule has 0 fully saturated rings. The number of para-hydroxylation sites is 2. The van der Waals surface area contributed by atoms with Crippen molar-refractivity contribution >= 4 is 39.6 Å². The van der Waals surface area contributed by atoms with Crippen LogP contribution in [0.25, 0.3) is 26.3 Å². The predicted molar refractivity (Wildman–Crippen MR) is 89.6 cm³/mol. The maximum absolute atomic E-state index is 12.8. The molecule has 2 aromatic heterocycles. The van der Waals surface area contributed by atoms with Gasteiger partial charge in [0.25, 0.3) is 4.83 Å². The highest BCUT2D eigenvalue weighted by Gasteiger charge is 2.21. The Hall–Kier alpha value is -2.17. The number of halogens is 1. The highest BCUT2D eigenvalue weighted by molar-refractivity contribution is 7.20. The van der Waals surface area contributed by atoms with Gasteiger partial charge in [-0.25, -0.2) is 4.98 Å². The van der Waals surface area contributed by atoms with Gasteiger partial charge in [-0.15, -0.1) is 12.4 Å². The fraction of sp³-hybridized carbons (Fsp3) is 0.0588. The second-order valence-corrected chi connectivity index (χ2v) is 5.93. The largest absolute Gasteiger partial charge is 0.822 e. The van der Waals surface area contributed by atoms with E-state index in [1.807, 2.05) is 61.5 Å². The van der Waals surface area contributed by atoms with E-state index in [0.29, 0.717) is 0 Å². The van der Waals surface area contributed by atoms with Crippen molar-refractivity contribution in [2.75, 3.05) is 0 Å². The van der Waals surface area contributed by atoms with Gasteiger partial charge < -0.3 is 5.11 Å². The van der Waals surface area contributed by atoms with Gasteiger partial charge in [-0.1, -0.05) is 53.8 Å². The van der Waals surface area contributed by atoms with Crippen LogP contribution in [0.2, 0.25) is 0 Å². The average molecular weight is 329 g/mol. The van der Waals surface area contributed by atoms with Crippen LogP contribution in [-0.4, -0.2) is 4.98 Å². The normalized spacial score (nSPS) is 10.8. The first-order valence-electron chi connectivity index (χ1n) is 6.72. The molecule has 0 radical (unpaired) electrons. The molecular formula is C17H13ClN2OS. The second kappa shape index (κ2) is 5.55. The number of hydrogen-bond donors (Lipinski definition) is 0. The van der Waals surface area contributed by atoms with E-state index in [0.717, 1.165) is 32.0 Å². The molecule has 0 aliphatic carbocycles. The average Bonchev–Trinajstić information content (AvgIpc) is 2.87.